The molecule has 2 rings (SSSR count). The zero-order chi connectivity index (χ0) is 10.3. The zero-order valence-electron chi connectivity index (χ0n) is 8.11. The Balaban J connectivity index is 2.67. The summed E-state index contributed by atoms with van der Waals surface area (Å²) in [6.45, 7) is 1.67. The molecule has 0 spiro atoms. The first-order valence-electron chi connectivity index (χ1n) is 4.84. The molecular formula is C11H13F2N. The van der Waals surface area contributed by atoms with E-state index in [1.807, 2.05) is 0 Å². The van der Waals surface area contributed by atoms with Gasteiger partial charge in [0.15, 0.2) is 0 Å². The molecule has 1 aromatic carbocycles. The minimum Gasteiger partial charge on any atom is -0.324 e. The van der Waals surface area contributed by atoms with Crippen molar-refractivity contribution in [2.24, 2.45) is 5.73 Å². The second kappa shape index (κ2) is 3.31. The summed E-state index contributed by atoms with van der Waals surface area (Å²) in [4.78, 5) is 0. The van der Waals surface area contributed by atoms with Crippen LogP contribution in [0.3, 0.4) is 0 Å². The zero-order valence-corrected chi connectivity index (χ0v) is 8.11. The average molecular weight is 197 g/mol. The Kier molecular flexibility index (Phi) is 2.27. The van der Waals surface area contributed by atoms with E-state index in [1.165, 1.54) is 0 Å². The van der Waals surface area contributed by atoms with Gasteiger partial charge in [-0.15, -0.1) is 0 Å². The molecule has 0 heterocycles. The lowest BCUT2D eigenvalue weighted by atomic mass is 9.85. The van der Waals surface area contributed by atoms with Crippen molar-refractivity contribution in [3.05, 3.63) is 34.4 Å². The van der Waals surface area contributed by atoms with E-state index in [9.17, 15) is 8.78 Å². The average Bonchev–Trinajstić information content (AvgIpc) is 2.14. The normalized spacial score (nSPS) is 20.7. The van der Waals surface area contributed by atoms with Gasteiger partial charge in [-0.05, 0) is 42.9 Å². The number of fused-ring (bicyclic) bond motifs is 1. The van der Waals surface area contributed by atoms with Gasteiger partial charge in [-0.2, -0.15) is 0 Å². The Morgan fingerprint density at radius 1 is 1.36 bits per heavy atom. The van der Waals surface area contributed by atoms with E-state index in [0.717, 1.165) is 18.9 Å². The molecule has 1 aromatic rings. The van der Waals surface area contributed by atoms with Crippen molar-refractivity contribution < 1.29 is 8.78 Å². The predicted molar refractivity (Wildman–Crippen MR) is 51.0 cm³/mol. The van der Waals surface area contributed by atoms with Crippen LogP contribution in [0.4, 0.5) is 8.78 Å². The van der Waals surface area contributed by atoms with Gasteiger partial charge in [-0.3, -0.25) is 0 Å². The van der Waals surface area contributed by atoms with Crippen LogP contribution in [0.5, 0.6) is 0 Å². The predicted octanol–water partition coefficient (Wildman–Crippen LogP) is 2.61. The summed E-state index contributed by atoms with van der Waals surface area (Å²) in [5.41, 5.74) is 7.66. The van der Waals surface area contributed by atoms with Crippen molar-refractivity contribution in [1.82, 2.24) is 0 Å². The number of hydrogen-bond donors (Lipinski definition) is 1. The molecule has 0 saturated carbocycles. The fraction of sp³-hybridized carbons (Fsp3) is 0.455. The molecule has 0 aromatic heterocycles. The van der Waals surface area contributed by atoms with Gasteiger partial charge in [0.1, 0.15) is 11.6 Å². The molecule has 1 aliphatic rings. The first-order chi connectivity index (χ1) is 6.61. The smallest absolute Gasteiger partial charge is 0.129 e. The third kappa shape index (κ3) is 1.32. The fourth-order valence-electron chi connectivity index (χ4n) is 2.19. The molecule has 14 heavy (non-hydrogen) atoms. The maximum absolute atomic E-state index is 13.4. The molecule has 3 heteroatoms. The maximum Gasteiger partial charge on any atom is 0.129 e. The number of halogens is 2. The largest absolute Gasteiger partial charge is 0.324 e. The lowest BCUT2D eigenvalue weighted by Crippen LogP contribution is -2.20. The van der Waals surface area contributed by atoms with E-state index < -0.39 is 11.6 Å². The van der Waals surface area contributed by atoms with Gasteiger partial charge in [0, 0.05) is 12.1 Å². The van der Waals surface area contributed by atoms with Gasteiger partial charge in [0.05, 0.1) is 0 Å². The SMILES string of the molecule is Cc1c(F)cc(F)c2c1[C@H](N)CCC2. The molecule has 2 N–H and O–H groups in total. The van der Waals surface area contributed by atoms with E-state index in [2.05, 4.69) is 0 Å². The van der Waals surface area contributed by atoms with Gasteiger partial charge < -0.3 is 5.73 Å². The highest BCUT2D eigenvalue weighted by Gasteiger charge is 2.23. The molecular weight excluding hydrogens is 184 g/mol. The summed E-state index contributed by atoms with van der Waals surface area (Å²) >= 11 is 0. The van der Waals surface area contributed by atoms with Crippen LogP contribution in [-0.2, 0) is 6.42 Å². The standard InChI is InChI=1S/C11H13F2N/c1-6-8(12)5-9(13)7-3-2-4-10(14)11(6)7/h5,10H,2-4,14H2,1H3/t10-/m1/s1. The highest BCUT2D eigenvalue weighted by atomic mass is 19.1. The van der Waals surface area contributed by atoms with Crippen LogP contribution in [0.25, 0.3) is 0 Å². The van der Waals surface area contributed by atoms with Crippen molar-refractivity contribution in [3.8, 4) is 0 Å². The number of hydrogen-bond acceptors (Lipinski definition) is 1. The molecule has 1 nitrogen and oxygen atoms in total. The van der Waals surface area contributed by atoms with Gasteiger partial charge in [0.2, 0.25) is 0 Å². The molecule has 76 valence electrons. The van der Waals surface area contributed by atoms with Crippen LogP contribution in [0, 0.1) is 18.6 Å². The molecule has 1 atom stereocenters. The highest BCUT2D eigenvalue weighted by molar-refractivity contribution is 5.40. The Morgan fingerprint density at radius 3 is 2.79 bits per heavy atom. The monoisotopic (exact) mass is 197 g/mol. The van der Waals surface area contributed by atoms with Crippen molar-refractivity contribution in [2.75, 3.05) is 0 Å². The Labute approximate surface area is 81.9 Å². The van der Waals surface area contributed by atoms with Gasteiger partial charge in [0.25, 0.3) is 0 Å². The summed E-state index contributed by atoms with van der Waals surface area (Å²) in [5.74, 6) is -0.933. The van der Waals surface area contributed by atoms with Crippen molar-refractivity contribution in [1.29, 1.82) is 0 Å². The molecule has 0 fully saturated rings. The molecule has 0 saturated heterocycles. The Hall–Kier alpha value is -0.960. The fourth-order valence-corrected chi connectivity index (χ4v) is 2.19. The van der Waals surface area contributed by atoms with Gasteiger partial charge in [-0.25, -0.2) is 8.78 Å². The topological polar surface area (TPSA) is 26.0 Å². The van der Waals surface area contributed by atoms with Crippen LogP contribution in [0.15, 0.2) is 6.07 Å². The van der Waals surface area contributed by atoms with Crippen molar-refractivity contribution >= 4 is 0 Å². The summed E-state index contributed by atoms with van der Waals surface area (Å²) in [6, 6.07) is 0.760. The van der Waals surface area contributed by atoms with E-state index >= 15 is 0 Å². The summed E-state index contributed by atoms with van der Waals surface area (Å²) in [7, 11) is 0. The van der Waals surface area contributed by atoms with Crippen molar-refractivity contribution in [2.45, 2.75) is 32.2 Å². The lowest BCUT2D eigenvalue weighted by molar-refractivity contribution is 0.508. The number of rotatable bonds is 0. The Morgan fingerprint density at radius 2 is 2.07 bits per heavy atom. The third-order valence-electron chi connectivity index (χ3n) is 2.94. The maximum atomic E-state index is 13.4. The summed E-state index contributed by atoms with van der Waals surface area (Å²) in [5, 5.41) is 0. The second-order valence-electron chi connectivity index (χ2n) is 3.86. The minimum absolute atomic E-state index is 0.205. The van der Waals surface area contributed by atoms with Gasteiger partial charge in [-0.1, -0.05) is 0 Å². The molecule has 0 bridgehead atoms. The summed E-state index contributed by atoms with van der Waals surface area (Å²) < 4.78 is 26.6. The molecule has 0 radical (unpaired) electrons. The minimum atomic E-state index is -0.487. The Bertz CT molecular complexity index is 374. The first kappa shape index (κ1) is 9.59. The van der Waals surface area contributed by atoms with E-state index in [0.29, 0.717) is 23.1 Å². The second-order valence-corrected chi connectivity index (χ2v) is 3.86. The van der Waals surface area contributed by atoms with Crippen LogP contribution < -0.4 is 5.73 Å². The third-order valence-corrected chi connectivity index (χ3v) is 2.94. The quantitative estimate of drug-likeness (QED) is 0.679. The van der Waals surface area contributed by atoms with Crippen LogP contribution in [-0.4, -0.2) is 0 Å². The van der Waals surface area contributed by atoms with Gasteiger partial charge >= 0.3 is 0 Å². The molecule has 0 aliphatic heterocycles. The lowest BCUT2D eigenvalue weighted by Gasteiger charge is -2.24. The number of nitrogens with two attached hydrogens (primary N) is 1. The first-order valence-corrected chi connectivity index (χ1v) is 4.84. The molecule has 1 aliphatic carbocycles. The van der Waals surface area contributed by atoms with E-state index in [-0.39, 0.29) is 6.04 Å². The van der Waals surface area contributed by atoms with E-state index in [1.54, 1.807) is 6.92 Å². The molecule has 0 unspecified atom stereocenters. The summed E-state index contributed by atoms with van der Waals surface area (Å²) in [6.07, 6.45) is 2.38. The number of benzene rings is 1. The highest BCUT2D eigenvalue weighted by Crippen LogP contribution is 2.33. The van der Waals surface area contributed by atoms with Crippen LogP contribution >= 0.6 is 0 Å². The van der Waals surface area contributed by atoms with Crippen LogP contribution in [0.2, 0.25) is 0 Å². The van der Waals surface area contributed by atoms with Crippen LogP contribution in [0.1, 0.15) is 35.6 Å². The van der Waals surface area contributed by atoms with Crippen molar-refractivity contribution in [3.63, 3.8) is 0 Å². The van der Waals surface area contributed by atoms with E-state index in [4.69, 9.17) is 5.73 Å². The molecule has 0 amide bonds.